The van der Waals surface area contributed by atoms with E-state index in [0.717, 1.165) is 31.6 Å². The molecule has 0 atom stereocenters. The van der Waals surface area contributed by atoms with Crippen molar-refractivity contribution in [3.8, 4) is 0 Å². The van der Waals surface area contributed by atoms with Crippen molar-refractivity contribution < 1.29 is 12.8 Å². The summed E-state index contributed by atoms with van der Waals surface area (Å²) in [4.78, 5) is 0.253. The highest BCUT2D eigenvalue weighted by Crippen LogP contribution is 2.32. The monoisotopic (exact) mass is 314 g/mol. The molecule has 1 heterocycles. The lowest BCUT2D eigenvalue weighted by atomic mass is 9.85. The minimum atomic E-state index is -3.50. The van der Waals surface area contributed by atoms with Gasteiger partial charge >= 0.3 is 0 Å². The average Bonchev–Trinajstić information content (AvgIpc) is 2.88. The second kappa shape index (κ2) is 6.50. The zero-order valence-electron chi connectivity index (χ0n) is 13.1. The number of nitrogens with two attached hydrogens (primary N) is 1. The molecule has 1 fully saturated rings. The molecule has 0 saturated heterocycles. The molecule has 1 saturated carbocycles. The molecule has 2 N–H and O–H groups in total. The van der Waals surface area contributed by atoms with Crippen LogP contribution in [-0.4, -0.2) is 25.8 Å². The Labute approximate surface area is 127 Å². The van der Waals surface area contributed by atoms with Crippen molar-refractivity contribution in [1.82, 2.24) is 4.31 Å². The predicted octanol–water partition coefficient (Wildman–Crippen LogP) is 2.64. The van der Waals surface area contributed by atoms with Crippen LogP contribution < -0.4 is 5.73 Å². The first-order chi connectivity index (χ1) is 9.90. The minimum Gasteiger partial charge on any atom is -0.464 e. The summed E-state index contributed by atoms with van der Waals surface area (Å²) in [7, 11) is -1.82. The van der Waals surface area contributed by atoms with Crippen LogP contribution in [0.25, 0.3) is 0 Å². The number of nitrogens with zero attached hydrogens (tertiary/aromatic N) is 1. The van der Waals surface area contributed by atoms with Crippen LogP contribution in [0.1, 0.15) is 50.5 Å². The van der Waals surface area contributed by atoms with Gasteiger partial charge in [-0.25, -0.2) is 8.42 Å². The molecule has 1 aromatic rings. The Morgan fingerprint density at radius 1 is 1.33 bits per heavy atom. The van der Waals surface area contributed by atoms with Crippen molar-refractivity contribution >= 4 is 10.0 Å². The van der Waals surface area contributed by atoms with E-state index in [1.165, 1.54) is 10.7 Å². The lowest BCUT2D eigenvalue weighted by Gasteiger charge is -2.33. The summed E-state index contributed by atoms with van der Waals surface area (Å²) >= 11 is 0. The van der Waals surface area contributed by atoms with Crippen LogP contribution in [-0.2, 0) is 16.6 Å². The van der Waals surface area contributed by atoms with Crippen LogP contribution >= 0.6 is 0 Å². The number of rotatable bonds is 5. The van der Waals surface area contributed by atoms with Crippen LogP contribution in [0.3, 0.4) is 0 Å². The molecule has 1 aromatic heterocycles. The van der Waals surface area contributed by atoms with Gasteiger partial charge in [-0.05, 0) is 38.5 Å². The van der Waals surface area contributed by atoms with E-state index in [-0.39, 0.29) is 17.5 Å². The van der Waals surface area contributed by atoms with Gasteiger partial charge in [0, 0.05) is 19.2 Å². The maximum absolute atomic E-state index is 12.8. The second-order valence-corrected chi connectivity index (χ2v) is 7.91. The first-order valence-corrected chi connectivity index (χ1v) is 9.11. The molecule has 21 heavy (non-hydrogen) atoms. The van der Waals surface area contributed by atoms with E-state index >= 15 is 0 Å². The van der Waals surface area contributed by atoms with Gasteiger partial charge < -0.3 is 10.2 Å². The van der Waals surface area contributed by atoms with Gasteiger partial charge in [0.15, 0.2) is 0 Å². The molecule has 0 unspecified atom stereocenters. The predicted molar refractivity (Wildman–Crippen MR) is 82.3 cm³/mol. The Bertz CT molecular complexity index is 572. The Hall–Kier alpha value is -0.850. The maximum atomic E-state index is 12.8. The van der Waals surface area contributed by atoms with E-state index in [1.807, 2.05) is 0 Å². The van der Waals surface area contributed by atoms with E-state index < -0.39 is 10.0 Å². The van der Waals surface area contributed by atoms with Crippen LogP contribution in [0.4, 0.5) is 0 Å². The third-order valence-corrected chi connectivity index (χ3v) is 6.71. The van der Waals surface area contributed by atoms with Crippen LogP contribution in [0.2, 0.25) is 0 Å². The van der Waals surface area contributed by atoms with Gasteiger partial charge in [-0.2, -0.15) is 4.31 Å². The first-order valence-electron chi connectivity index (χ1n) is 7.67. The van der Waals surface area contributed by atoms with Crippen molar-refractivity contribution in [3.63, 3.8) is 0 Å². The summed E-state index contributed by atoms with van der Waals surface area (Å²) in [6.07, 6.45) is 5.28. The van der Waals surface area contributed by atoms with Crippen molar-refractivity contribution in [1.29, 1.82) is 0 Å². The number of hydrogen-bond acceptors (Lipinski definition) is 4. The van der Waals surface area contributed by atoms with Gasteiger partial charge in [0.1, 0.15) is 16.4 Å². The molecule has 0 radical (unpaired) electrons. The number of aryl methyl sites for hydroxylation is 1. The molecular weight excluding hydrogens is 288 g/mol. The molecule has 120 valence electrons. The fourth-order valence-electron chi connectivity index (χ4n) is 3.15. The van der Waals surface area contributed by atoms with E-state index in [4.69, 9.17) is 10.2 Å². The molecule has 0 bridgehead atoms. The van der Waals surface area contributed by atoms with Crippen molar-refractivity contribution in [2.75, 3.05) is 7.05 Å². The number of hydrogen-bond donors (Lipinski definition) is 1. The molecule has 1 aliphatic carbocycles. The Morgan fingerprint density at radius 2 is 1.95 bits per heavy atom. The fraction of sp³-hybridized carbons (Fsp3) is 0.733. The normalized spacial score (nSPS) is 23.7. The highest BCUT2D eigenvalue weighted by molar-refractivity contribution is 7.89. The lowest BCUT2D eigenvalue weighted by molar-refractivity contribution is 0.232. The van der Waals surface area contributed by atoms with Crippen LogP contribution in [0.5, 0.6) is 0 Å². The molecule has 0 aromatic carbocycles. The minimum absolute atomic E-state index is 0.0911. The summed E-state index contributed by atoms with van der Waals surface area (Å²) in [5.41, 5.74) is 5.52. The quantitative estimate of drug-likeness (QED) is 0.906. The lowest BCUT2D eigenvalue weighted by Crippen LogP contribution is -2.39. The van der Waals surface area contributed by atoms with Crippen molar-refractivity contribution in [2.24, 2.45) is 11.7 Å². The number of sulfonamides is 1. The second-order valence-electron chi connectivity index (χ2n) is 5.94. The molecule has 6 heteroatoms. The van der Waals surface area contributed by atoms with Gasteiger partial charge in [-0.1, -0.05) is 13.3 Å². The molecule has 0 spiro atoms. The van der Waals surface area contributed by atoms with Gasteiger partial charge in [0.25, 0.3) is 0 Å². The Kier molecular flexibility index (Phi) is 5.11. The summed E-state index contributed by atoms with van der Waals surface area (Å²) in [5.74, 6) is 1.68. The highest BCUT2D eigenvalue weighted by Gasteiger charge is 2.33. The third kappa shape index (κ3) is 3.33. The molecule has 5 nitrogen and oxygen atoms in total. The Balaban J connectivity index is 2.17. The molecule has 0 aliphatic heterocycles. The van der Waals surface area contributed by atoms with Gasteiger partial charge in [-0.3, -0.25) is 0 Å². The van der Waals surface area contributed by atoms with Crippen molar-refractivity contribution in [3.05, 3.63) is 17.6 Å². The van der Waals surface area contributed by atoms with E-state index in [9.17, 15) is 8.42 Å². The Morgan fingerprint density at radius 3 is 2.43 bits per heavy atom. The van der Waals surface area contributed by atoms with Gasteiger partial charge in [0.05, 0.1) is 6.54 Å². The standard InChI is InChI=1S/C15H26N2O3S/c1-4-12-5-7-13(8-6-12)17(3)21(18,19)15-9-14(10-16)20-11(15)2/h9,12-13H,4-8,10,16H2,1-3H3. The summed E-state index contributed by atoms with van der Waals surface area (Å²) in [6, 6.07) is 1.65. The van der Waals surface area contributed by atoms with Crippen LogP contribution in [0.15, 0.2) is 15.4 Å². The molecule has 0 amide bonds. The SMILES string of the molecule is CCC1CCC(N(C)S(=O)(=O)c2cc(CN)oc2C)CC1. The largest absolute Gasteiger partial charge is 0.464 e. The maximum Gasteiger partial charge on any atom is 0.246 e. The summed E-state index contributed by atoms with van der Waals surface area (Å²) in [5, 5.41) is 0. The van der Waals surface area contributed by atoms with E-state index in [1.54, 1.807) is 20.0 Å². The molecular formula is C15H26N2O3S. The fourth-order valence-corrected chi connectivity index (χ4v) is 4.75. The van der Waals surface area contributed by atoms with Crippen molar-refractivity contribution in [2.45, 2.75) is 63.4 Å². The summed E-state index contributed by atoms with van der Waals surface area (Å²) in [6.45, 7) is 4.09. The van der Waals surface area contributed by atoms with Gasteiger partial charge in [-0.15, -0.1) is 0 Å². The van der Waals surface area contributed by atoms with Crippen LogP contribution in [0, 0.1) is 12.8 Å². The smallest absolute Gasteiger partial charge is 0.246 e. The molecule has 1 aliphatic rings. The molecule has 2 rings (SSSR count). The summed E-state index contributed by atoms with van der Waals surface area (Å²) < 4.78 is 32.4. The zero-order chi connectivity index (χ0) is 15.6. The third-order valence-electron chi connectivity index (χ3n) is 4.69. The van der Waals surface area contributed by atoms with E-state index in [0.29, 0.717) is 11.5 Å². The topological polar surface area (TPSA) is 76.5 Å². The highest BCUT2D eigenvalue weighted by atomic mass is 32.2. The number of furan rings is 1. The first kappa shape index (κ1) is 16.5. The van der Waals surface area contributed by atoms with Gasteiger partial charge in [0.2, 0.25) is 10.0 Å². The van der Waals surface area contributed by atoms with E-state index in [2.05, 4.69) is 6.92 Å². The average molecular weight is 314 g/mol. The zero-order valence-corrected chi connectivity index (χ0v) is 13.9.